The summed E-state index contributed by atoms with van der Waals surface area (Å²) in [6, 6.07) is 13.1. The van der Waals surface area contributed by atoms with Crippen LogP contribution in [0.5, 0.6) is 5.75 Å². The van der Waals surface area contributed by atoms with Gasteiger partial charge in [0.25, 0.3) is 0 Å². The molecule has 0 aromatic heterocycles. The lowest BCUT2D eigenvalue weighted by Gasteiger charge is -2.12. The molecule has 0 saturated heterocycles. The van der Waals surface area contributed by atoms with Crippen LogP contribution in [0.15, 0.2) is 53.7 Å². The number of allylic oxidation sites excluding steroid dienone is 1. The van der Waals surface area contributed by atoms with E-state index in [0.717, 1.165) is 0 Å². The molecule has 2 aromatic carbocycles. The highest BCUT2D eigenvalue weighted by Crippen LogP contribution is 2.25. The van der Waals surface area contributed by atoms with Gasteiger partial charge < -0.3 is 15.2 Å². The van der Waals surface area contributed by atoms with Crippen molar-refractivity contribution >= 4 is 35.0 Å². The number of nitriles is 1. The average molecular weight is 419 g/mol. The van der Waals surface area contributed by atoms with Crippen LogP contribution in [-0.2, 0) is 16.1 Å². The molecule has 0 spiro atoms. The molecule has 0 fully saturated rings. The third kappa shape index (κ3) is 5.49. The summed E-state index contributed by atoms with van der Waals surface area (Å²) in [5.74, 6) is -1.18. The van der Waals surface area contributed by atoms with Crippen molar-refractivity contribution in [1.29, 1.82) is 5.26 Å². The van der Waals surface area contributed by atoms with Crippen molar-refractivity contribution in [1.82, 2.24) is 0 Å². The number of halogens is 2. The predicted octanol–water partition coefficient (Wildman–Crippen LogP) is 4.05. The van der Waals surface area contributed by atoms with E-state index in [-0.39, 0.29) is 29.2 Å². The van der Waals surface area contributed by atoms with Gasteiger partial charge in [0.1, 0.15) is 29.6 Å². The van der Waals surface area contributed by atoms with E-state index in [1.165, 1.54) is 13.0 Å². The maximum Gasteiger partial charge on any atom is 0.342 e. The largest absolute Gasteiger partial charge is 0.488 e. The predicted molar refractivity (Wildman–Crippen MR) is 105 cm³/mol. The summed E-state index contributed by atoms with van der Waals surface area (Å²) in [7, 11) is 0. The van der Waals surface area contributed by atoms with E-state index in [4.69, 9.17) is 43.7 Å². The number of rotatable bonds is 7. The highest BCUT2D eigenvalue weighted by atomic mass is 35.5. The van der Waals surface area contributed by atoms with E-state index in [2.05, 4.69) is 0 Å². The number of nitrogens with zero attached hydrogens (tertiary/aromatic N) is 1. The molecule has 28 heavy (non-hydrogen) atoms. The van der Waals surface area contributed by atoms with E-state index in [1.807, 2.05) is 0 Å². The molecular weight excluding hydrogens is 403 g/mol. The van der Waals surface area contributed by atoms with Crippen molar-refractivity contribution in [2.75, 3.05) is 6.61 Å². The van der Waals surface area contributed by atoms with Crippen molar-refractivity contribution in [2.24, 2.45) is 5.73 Å². The lowest BCUT2D eigenvalue weighted by Crippen LogP contribution is -2.18. The van der Waals surface area contributed by atoms with Gasteiger partial charge in [-0.2, -0.15) is 5.26 Å². The number of ether oxygens (including phenoxy) is 2. The fourth-order valence-corrected chi connectivity index (χ4v) is 2.67. The Morgan fingerprint density at radius 1 is 1.18 bits per heavy atom. The molecule has 0 amide bonds. The molecule has 0 aliphatic carbocycles. The molecule has 0 aliphatic rings. The molecular formula is C20H16Cl2N2O4. The van der Waals surface area contributed by atoms with Gasteiger partial charge in [-0.1, -0.05) is 41.4 Å². The molecule has 2 N–H and O–H groups in total. The van der Waals surface area contributed by atoms with Gasteiger partial charge in [0.15, 0.2) is 6.61 Å². The van der Waals surface area contributed by atoms with Crippen LogP contribution in [0.2, 0.25) is 10.0 Å². The number of benzene rings is 2. The smallest absolute Gasteiger partial charge is 0.342 e. The van der Waals surface area contributed by atoms with Crippen LogP contribution >= 0.6 is 23.2 Å². The van der Waals surface area contributed by atoms with Crippen LogP contribution in [0.25, 0.3) is 0 Å². The normalized spacial score (nSPS) is 11.2. The quantitative estimate of drug-likeness (QED) is 0.413. The molecule has 8 heteroatoms. The third-order valence-electron chi connectivity index (χ3n) is 3.62. The number of carbonyl (C=O) groups excluding carboxylic acids is 2. The van der Waals surface area contributed by atoms with Gasteiger partial charge in [0.05, 0.1) is 0 Å². The minimum absolute atomic E-state index is 0.0622. The van der Waals surface area contributed by atoms with Gasteiger partial charge in [-0.3, -0.25) is 4.79 Å². The maximum atomic E-state index is 12.3. The Hall–Kier alpha value is -3.01. The van der Waals surface area contributed by atoms with Crippen LogP contribution in [0.3, 0.4) is 0 Å². The Balaban J connectivity index is 2.08. The van der Waals surface area contributed by atoms with E-state index in [1.54, 1.807) is 42.5 Å². The minimum Gasteiger partial charge on any atom is -0.488 e. The number of para-hydroxylation sites is 1. The molecule has 0 bridgehead atoms. The van der Waals surface area contributed by atoms with Crippen molar-refractivity contribution in [3.63, 3.8) is 0 Å². The van der Waals surface area contributed by atoms with Crippen molar-refractivity contribution in [3.05, 3.63) is 74.9 Å². The Kier molecular flexibility index (Phi) is 7.44. The van der Waals surface area contributed by atoms with E-state index < -0.39 is 18.4 Å². The van der Waals surface area contributed by atoms with Crippen LogP contribution in [0.1, 0.15) is 22.8 Å². The van der Waals surface area contributed by atoms with E-state index in [0.29, 0.717) is 15.6 Å². The van der Waals surface area contributed by atoms with E-state index >= 15 is 0 Å². The molecule has 0 saturated carbocycles. The Morgan fingerprint density at radius 3 is 2.54 bits per heavy atom. The van der Waals surface area contributed by atoms with E-state index in [9.17, 15) is 9.59 Å². The molecule has 0 aliphatic heterocycles. The summed E-state index contributed by atoms with van der Waals surface area (Å²) in [5.41, 5.74) is 6.10. The molecule has 0 atom stereocenters. The van der Waals surface area contributed by atoms with Gasteiger partial charge in [-0.15, -0.1) is 0 Å². The molecule has 0 unspecified atom stereocenters. The van der Waals surface area contributed by atoms with Crippen molar-refractivity contribution in [2.45, 2.75) is 13.5 Å². The summed E-state index contributed by atoms with van der Waals surface area (Å²) >= 11 is 12.0. The zero-order valence-electron chi connectivity index (χ0n) is 14.9. The molecule has 0 radical (unpaired) electrons. The summed E-state index contributed by atoms with van der Waals surface area (Å²) in [6.07, 6.45) is 0. The fraction of sp³-hybridized carbons (Fsp3) is 0.150. The SMILES string of the molecule is C/C(N)=C(/C#N)C(=O)COC(=O)c1ccccc1OCc1ccc(Cl)cc1Cl. The topological polar surface area (TPSA) is 102 Å². The summed E-state index contributed by atoms with van der Waals surface area (Å²) in [4.78, 5) is 24.3. The second kappa shape index (κ2) is 9.79. The number of nitrogens with two attached hydrogens (primary N) is 1. The molecule has 144 valence electrons. The molecule has 0 heterocycles. The van der Waals surface area contributed by atoms with Gasteiger partial charge >= 0.3 is 5.97 Å². The van der Waals surface area contributed by atoms with Crippen LogP contribution in [0.4, 0.5) is 0 Å². The van der Waals surface area contributed by atoms with Gasteiger partial charge in [-0.05, 0) is 31.2 Å². The summed E-state index contributed by atoms with van der Waals surface area (Å²) < 4.78 is 10.7. The molecule has 2 rings (SSSR count). The monoisotopic (exact) mass is 418 g/mol. The van der Waals surface area contributed by atoms with Gasteiger partial charge in [0, 0.05) is 21.3 Å². The molecule has 6 nitrogen and oxygen atoms in total. The van der Waals surface area contributed by atoms with Gasteiger partial charge in [0.2, 0.25) is 5.78 Å². The van der Waals surface area contributed by atoms with Crippen LogP contribution in [0, 0.1) is 11.3 Å². The number of Topliss-reactive ketones (excluding diaryl/α,β-unsaturated/α-hetero) is 1. The maximum absolute atomic E-state index is 12.3. The first kappa shape index (κ1) is 21.3. The second-order valence-corrected chi connectivity index (χ2v) is 6.53. The first-order valence-corrected chi connectivity index (χ1v) is 8.81. The zero-order chi connectivity index (χ0) is 20.7. The Bertz CT molecular complexity index is 976. The first-order chi connectivity index (χ1) is 13.3. The van der Waals surface area contributed by atoms with Crippen LogP contribution in [-0.4, -0.2) is 18.4 Å². The number of hydrogen-bond acceptors (Lipinski definition) is 6. The Labute approximate surface area is 172 Å². The number of ketones is 1. The average Bonchev–Trinajstić information content (AvgIpc) is 2.66. The summed E-state index contributed by atoms with van der Waals surface area (Å²) in [5, 5.41) is 9.86. The highest BCUT2D eigenvalue weighted by molar-refractivity contribution is 6.35. The molecule has 2 aromatic rings. The highest BCUT2D eigenvalue weighted by Gasteiger charge is 2.18. The zero-order valence-corrected chi connectivity index (χ0v) is 16.4. The van der Waals surface area contributed by atoms with Crippen molar-refractivity contribution in [3.8, 4) is 11.8 Å². The van der Waals surface area contributed by atoms with Crippen LogP contribution < -0.4 is 10.5 Å². The third-order valence-corrected chi connectivity index (χ3v) is 4.21. The standard InChI is InChI=1S/C20H16Cl2N2O4/c1-12(24)16(9-23)18(25)11-28-20(26)15-4-2-3-5-19(15)27-10-13-6-7-14(21)8-17(13)22/h2-8H,10-11,24H2,1H3/b16-12+. The lowest BCUT2D eigenvalue weighted by molar-refractivity contribution is -0.118. The number of hydrogen-bond donors (Lipinski definition) is 1. The number of carbonyl (C=O) groups is 2. The second-order valence-electron chi connectivity index (χ2n) is 5.69. The summed E-state index contributed by atoms with van der Waals surface area (Å²) in [6.45, 7) is 0.920. The Morgan fingerprint density at radius 2 is 1.89 bits per heavy atom. The van der Waals surface area contributed by atoms with Crippen molar-refractivity contribution < 1.29 is 19.1 Å². The fourth-order valence-electron chi connectivity index (χ4n) is 2.21. The lowest BCUT2D eigenvalue weighted by atomic mass is 10.1. The minimum atomic E-state index is -0.766. The number of esters is 1. The first-order valence-electron chi connectivity index (χ1n) is 8.06. The van der Waals surface area contributed by atoms with Gasteiger partial charge in [-0.25, -0.2) is 4.79 Å².